The van der Waals surface area contributed by atoms with Gasteiger partial charge in [-0.3, -0.25) is 0 Å². The molecule has 4 saturated carbocycles. The van der Waals surface area contributed by atoms with Crippen LogP contribution in [0.3, 0.4) is 0 Å². The summed E-state index contributed by atoms with van der Waals surface area (Å²) >= 11 is 5.69. The molecule has 102 valence electrons. The summed E-state index contributed by atoms with van der Waals surface area (Å²) in [5.74, 6) is 3.12. The minimum absolute atomic E-state index is 0.0672. The molecule has 0 spiro atoms. The highest BCUT2D eigenvalue weighted by atomic mass is 35.5. The molecule has 0 aromatic rings. The van der Waals surface area contributed by atoms with Crippen molar-refractivity contribution in [2.24, 2.45) is 17.8 Å². The van der Waals surface area contributed by atoms with Crippen LogP contribution in [0.2, 0.25) is 0 Å². The molecule has 0 heterocycles. The normalized spacial score (nSPS) is 40.9. The monoisotopic (exact) mass is 270 g/mol. The number of nitrogens with one attached hydrogen (secondary N) is 1. The molecule has 4 fully saturated rings. The van der Waals surface area contributed by atoms with Gasteiger partial charge in [0.05, 0.1) is 0 Å². The predicted octanol–water partition coefficient (Wildman–Crippen LogP) is 2.84. The highest BCUT2D eigenvalue weighted by Crippen LogP contribution is 2.55. The molecule has 0 unspecified atom stereocenters. The number of carbonyl (C=O) groups is 1. The van der Waals surface area contributed by atoms with Gasteiger partial charge < -0.3 is 10.2 Å². The number of hydrogen-bond acceptors (Lipinski definition) is 1. The van der Waals surface area contributed by atoms with Gasteiger partial charge in [-0.25, -0.2) is 4.79 Å². The van der Waals surface area contributed by atoms with E-state index in [0.717, 1.165) is 17.8 Å². The van der Waals surface area contributed by atoms with Gasteiger partial charge in [0, 0.05) is 25.0 Å². The number of alkyl halides is 1. The van der Waals surface area contributed by atoms with Crippen LogP contribution in [-0.4, -0.2) is 35.9 Å². The van der Waals surface area contributed by atoms with Gasteiger partial charge >= 0.3 is 6.03 Å². The molecule has 4 bridgehead atoms. The largest absolute Gasteiger partial charge is 0.333 e. The fourth-order valence-electron chi connectivity index (χ4n) is 4.81. The second-order valence-corrected chi connectivity index (χ2v) is 7.12. The number of halogens is 1. The summed E-state index contributed by atoms with van der Waals surface area (Å²) < 4.78 is 0. The Bertz CT molecular complexity index is 309. The Morgan fingerprint density at radius 2 is 1.72 bits per heavy atom. The highest BCUT2D eigenvalue weighted by molar-refractivity contribution is 6.18. The third-order valence-corrected chi connectivity index (χ3v) is 5.35. The third-order valence-electron chi connectivity index (χ3n) is 5.18. The Kier molecular flexibility index (Phi) is 3.21. The zero-order valence-electron chi connectivity index (χ0n) is 11.1. The van der Waals surface area contributed by atoms with Gasteiger partial charge in [-0.1, -0.05) is 0 Å². The molecule has 4 aliphatic carbocycles. The summed E-state index contributed by atoms with van der Waals surface area (Å²) in [5, 5.41) is 3.34. The topological polar surface area (TPSA) is 32.3 Å². The Morgan fingerprint density at radius 1 is 1.22 bits per heavy atom. The van der Waals surface area contributed by atoms with Crippen LogP contribution in [0.1, 0.15) is 38.5 Å². The summed E-state index contributed by atoms with van der Waals surface area (Å²) in [7, 11) is 1.83. The molecule has 0 aromatic heterocycles. The lowest BCUT2D eigenvalue weighted by Gasteiger charge is -2.57. The average molecular weight is 271 g/mol. The van der Waals surface area contributed by atoms with E-state index in [1.807, 2.05) is 7.05 Å². The van der Waals surface area contributed by atoms with Crippen molar-refractivity contribution in [2.75, 3.05) is 19.5 Å². The van der Waals surface area contributed by atoms with E-state index in [4.69, 9.17) is 11.6 Å². The van der Waals surface area contributed by atoms with Gasteiger partial charge in [-0.2, -0.15) is 0 Å². The first-order valence-electron chi connectivity index (χ1n) is 7.19. The Labute approximate surface area is 114 Å². The Hall–Kier alpha value is -0.440. The molecular formula is C14H23ClN2O. The number of carbonyl (C=O) groups excluding carboxylic acids is 1. The van der Waals surface area contributed by atoms with Crippen molar-refractivity contribution in [3.8, 4) is 0 Å². The molecule has 4 rings (SSSR count). The summed E-state index contributed by atoms with van der Waals surface area (Å²) in [4.78, 5) is 13.9. The number of nitrogens with zero attached hydrogens (tertiary/aromatic N) is 1. The molecule has 2 amide bonds. The number of urea groups is 1. The molecule has 0 saturated heterocycles. The van der Waals surface area contributed by atoms with Gasteiger partial charge in [0.2, 0.25) is 0 Å². The van der Waals surface area contributed by atoms with Gasteiger partial charge in [-0.05, 0) is 56.3 Å². The maximum absolute atomic E-state index is 12.2. The SMILES string of the molecule is CN(CCCl)C(=O)NC12CC3CC(CC(C3)C1)C2. The van der Waals surface area contributed by atoms with Crippen LogP contribution in [0.25, 0.3) is 0 Å². The zero-order valence-corrected chi connectivity index (χ0v) is 11.9. The van der Waals surface area contributed by atoms with Gasteiger partial charge in [0.15, 0.2) is 0 Å². The van der Waals surface area contributed by atoms with E-state index in [0.29, 0.717) is 12.4 Å². The van der Waals surface area contributed by atoms with Crippen LogP contribution in [0.15, 0.2) is 0 Å². The molecule has 0 radical (unpaired) electrons. The van der Waals surface area contributed by atoms with Crippen molar-refractivity contribution in [2.45, 2.75) is 44.1 Å². The van der Waals surface area contributed by atoms with Crippen molar-refractivity contribution in [1.82, 2.24) is 10.2 Å². The maximum atomic E-state index is 12.2. The molecule has 4 heteroatoms. The molecule has 1 N–H and O–H groups in total. The molecule has 0 aliphatic heterocycles. The molecule has 0 atom stereocenters. The van der Waals surface area contributed by atoms with E-state index in [1.165, 1.54) is 38.5 Å². The number of rotatable bonds is 3. The van der Waals surface area contributed by atoms with Crippen molar-refractivity contribution in [3.05, 3.63) is 0 Å². The lowest BCUT2D eigenvalue weighted by molar-refractivity contribution is -0.0152. The standard InChI is InChI=1S/C14H23ClN2O/c1-17(3-2-15)13(18)16-14-7-10-4-11(8-14)6-12(5-10)9-14/h10-12H,2-9H2,1H3,(H,16,18). The second kappa shape index (κ2) is 4.59. The van der Waals surface area contributed by atoms with Crippen LogP contribution >= 0.6 is 11.6 Å². The smallest absolute Gasteiger partial charge is 0.317 e. The van der Waals surface area contributed by atoms with Gasteiger partial charge in [-0.15, -0.1) is 11.6 Å². The molecule has 4 aliphatic rings. The number of amides is 2. The first kappa shape index (κ1) is 12.6. The van der Waals surface area contributed by atoms with Gasteiger partial charge in [0.25, 0.3) is 0 Å². The van der Waals surface area contributed by atoms with Crippen molar-refractivity contribution in [1.29, 1.82) is 0 Å². The van der Waals surface area contributed by atoms with E-state index in [-0.39, 0.29) is 11.6 Å². The molecule has 3 nitrogen and oxygen atoms in total. The van der Waals surface area contributed by atoms with Crippen LogP contribution in [0.4, 0.5) is 4.79 Å². The Morgan fingerprint density at radius 3 is 2.17 bits per heavy atom. The van der Waals surface area contributed by atoms with Crippen molar-refractivity contribution >= 4 is 17.6 Å². The van der Waals surface area contributed by atoms with Crippen LogP contribution in [0.5, 0.6) is 0 Å². The fourth-order valence-corrected chi connectivity index (χ4v) is 5.07. The molecule has 0 aromatic carbocycles. The van der Waals surface area contributed by atoms with E-state index in [2.05, 4.69) is 5.32 Å². The summed E-state index contributed by atoms with van der Waals surface area (Å²) in [6.45, 7) is 0.625. The lowest BCUT2D eigenvalue weighted by atomic mass is 9.53. The highest BCUT2D eigenvalue weighted by Gasteiger charge is 2.51. The summed E-state index contributed by atoms with van der Waals surface area (Å²) in [6.07, 6.45) is 7.85. The Balaban J connectivity index is 1.67. The molecule has 18 heavy (non-hydrogen) atoms. The van der Waals surface area contributed by atoms with Crippen LogP contribution < -0.4 is 5.32 Å². The average Bonchev–Trinajstić information content (AvgIpc) is 2.26. The van der Waals surface area contributed by atoms with E-state index < -0.39 is 0 Å². The number of hydrogen-bond donors (Lipinski definition) is 1. The first-order valence-corrected chi connectivity index (χ1v) is 7.73. The van der Waals surface area contributed by atoms with Crippen LogP contribution in [0, 0.1) is 17.8 Å². The van der Waals surface area contributed by atoms with Crippen molar-refractivity contribution in [3.63, 3.8) is 0 Å². The van der Waals surface area contributed by atoms with E-state index in [9.17, 15) is 4.79 Å². The van der Waals surface area contributed by atoms with Gasteiger partial charge in [0.1, 0.15) is 0 Å². The maximum Gasteiger partial charge on any atom is 0.317 e. The van der Waals surface area contributed by atoms with Crippen LogP contribution in [-0.2, 0) is 0 Å². The zero-order chi connectivity index (χ0) is 12.8. The predicted molar refractivity (Wildman–Crippen MR) is 72.8 cm³/mol. The first-order chi connectivity index (χ1) is 8.60. The van der Waals surface area contributed by atoms with E-state index >= 15 is 0 Å². The van der Waals surface area contributed by atoms with Crippen molar-refractivity contribution < 1.29 is 4.79 Å². The quantitative estimate of drug-likeness (QED) is 0.786. The fraction of sp³-hybridized carbons (Fsp3) is 0.929. The molecular weight excluding hydrogens is 248 g/mol. The lowest BCUT2D eigenvalue weighted by Crippen LogP contribution is -2.61. The minimum atomic E-state index is 0.0672. The second-order valence-electron chi connectivity index (χ2n) is 6.74. The summed E-state index contributed by atoms with van der Waals surface area (Å²) in [5.41, 5.74) is 0.117. The minimum Gasteiger partial charge on any atom is -0.333 e. The third kappa shape index (κ3) is 2.22. The summed E-state index contributed by atoms with van der Waals surface area (Å²) in [6, 6.07) is 0.0672. The van der Waals surface area contributed by atoms with E-state index in [1.54, 1.807) is 4.90 Å².